The Morgan fingerprint density at radius 3 is 2.17 bits per heavy atom. The van der Waals surface area contributed by atoms with Crippen LogP contribution in [0, 0.1) is 0 Å². The molecule has 1 aliphatic heterocycles. The summed E-state index contributed by atoms with van der Waals surface area (Å²) in [6.07, 6.45) is -0.867. The second kappa shape index (κ2) is 5.03. The quantitative estimate of drug-likeness (QED) is 0.880. The van der Waals surface area contributed by atoms with Crippen molar-refractivity contribution in [2.24, 2.45) is 0 Å². The number of nitrogens with one attached hydrogen (secondary N) is 1. The molecular formula is C12H15NO5. The molecule has 18 heavy (non-hydrogen) atoms. The summed E-state index contributed by atoms with van der Waals surface area (Å²) >= 11 is 0. The number of hydrogen-bond acceptors (Lipinski definition) is 5. The van der Waals surface area contributed by atoms with Crippen LogP contribution in [0.3, 0.4) is 0 Å². The summed E-state index contributed by atoms with van der Waals surface area (Å²) < 4.78 is 20.9. The predicted molar refractivity (Wildman–Crippen MR) is 63.3 cm³/mol. The van der Waals surface area contributed by atoms with E-state index in [-0.39, 0.29) is 0 Å². The maximum Gasteiger partial charge on any atom is 0.407 e. The zero-order valence-corrected chi connectivity index (χ0v) is 10.5. The van der Waals surface area contributed by atoms with Gasteiger partial charge in [0.2, 0.25) is 0 Å². The Kier molecular flexibility index (Phi) is 3.45. The maximum atomic E-state index is 11.1. The maximum absolute atomic E-state index is 11.1. The number of amides is 1. The van der Waals surface area contributed by atoms with Crippen molar-refractivity contribution in [2.75, 3.05) is 27.9 Å². The van der Waals surface area contributed by atoms with Crippen LogP contribution in [0.15, 0.2) is 12.1 Å². The molecule has 0 bridgehead atoms. The van der Waals surface area contributed by atoms with Crippen LogP contribution in [0.4, 0.5) is 4.79 Å². The van der Waals surface area contributed by atoms with Crippen molar-refractivity contribution < 1.29 is 23.7 Å². The Hall–Kier alpha value is -2.11. The number of alkyl carbamates (subject to hydrolysis) is 1. The predicted octanol–water partition coefficient (Wildman–Crippen LogP) is 1.49. The van der Waals surface area contributed by atoms with Gasteiger partial charge in [0, 0.05) is 12.1 Å². The van der Waals surface area contributed by atoms with Crippen LogP contribution in [0.5, 0.6) is 17.2 Å². The lowest BCUT2D eigenvalue weighted by Gasteiger charge is -2.17. The fourth-order valence-corrected chi connectivity index (χ4v) is 1.90. The Bertz CT molecular complexity index is 435. The molecule has 1 amide bonds. The van der Waals surface area contributed by atoms with Crippen LogP contribution < -0.4 is 19.5 Å². The van der Waals surface area contributed by atoms with Gasteiger partial charge in [-0.1, -0.05) is 0 Å². The number of cyclic esters (lactones) is 1. The molecule has 0 aliphatic carbocycles. The molecule has 98 valence electrons. The van der Waals surface area contributed by atoms with E-state index in [2.05, 4.69) is 5.32 Å². The van der Waals surface area contributed by atoms with Crippen LogP contribution in [0.2, 0.25) is 0 Å². The molecule has 0 radical (unpaired) electrons. The molecule has 0 saturated carbocycles. The van der Waals surface area contributed by atoms with Crippen molar-refractivity contribution >= 4 is 6.09 Å². The largest absolute Gasteiger partial charge is 0.496 e. The van der Waals surface area contributed by atoms with Gasteiger partial charge in [-0.25, -0.2) is 4.79 Å². The van der Waals surface area contributed by atoms with E-state index in [0.717, 1.165) is 0 Å². The van der Waals surface area contributed by atoms with E-state index in [9.17, 15) is 4.79 Å². The third-order valence-electron chi connectivity index (χ3n) is 2.76. The van der Waals surface area contributed by atoms with E-state index < -0.39 is 12.2 Å². The fourth-order valence-electron chi connectivity index (χ4n) is 1.90. The first-order chi connectivity index (χ1) is 8.69. The van der Waals surface area contributed by atoms with Gasteiger partial charge in [-0.2, -0.15) is 0 Å². The summed E-state index contributed by atoms with van der Waals surface area (Å²) in [5.74, 6) is 1.74. The molecule has 6 heteroatoms. The molecular weight excluding hydrogens is 238 g/mol. The molecule has 1 heterocycles. The molecule has 0 aromatic heterocycles. The molecule has 1 aromatic rings. The summed E-state index contributed by atoms with van der Waals surface area (Å²) in [4.78, 5) is 11.1. The van der Waals surface area contributed by atoms with Gasteiger partial charge in [0.05, 0.1) is 33.4 Å². The molecule has 0 spiro atoms. The highest BCUT2D eigenvalue weighted by atomic mass is 16.6. The van der Waals surface area contributed by atoms with Crippen molar-refractivity contribution in [1.82, 2.24) is 5.32 Å². The second-order valence-corrected chi connectivity index (χ2v) is 3.72. The van der Waals surface area contributed by atoms with Gasteiger partial charge in [-0.15, -0.1) is 0 Å². The van der Waals surface area contributed by atoms with Gasteiger partial charge in [0.25, 0.3) is 0 Å². The van der Waals surface area contributed by atoms with Crippen LogP contribution in [-0.2, 0) is 4.74 Å². The van der Waals surface area contributed by atoms with Crippen molar-refractivity contribution in [3.8, 4) is 17.2 Å². The van der Waals surface area contributed by atoms with Crippen molar-refractivity contribution in [3.63, 3.8) is 0 Å². The highest BCUT2D eigenvalue weighted by molar-refractivity contribution is 5.70. The number of methoxy groups -OCH3 is 3. The number of carbonyl (C=O) groups is 1. The average Bonchev–Trinajstić information content (AvgIpc) is 2.83. The molecule has 1 N–H and O–H groups in total. The van der Waals surface area contributed by atoms with E-state index in [4.69, 9.17) is 18.9 Å². The molecule has 1 unspecified atom stereocenters. The van der Waals surface area contributed by atoms with E-state index in [0.29, 0.717) is 29.4 Å². The summed E-state index contributed by atoms with van der Waals surface area (Å²) in [6.45, 7) is 0.387. The Morgan fingerprint density at radius 1 is 1.17 bits per heavy atom. The minimum absolute atomic E-state index is 0.387. The lowest BCUT2D eigenvalue weighted by Crippen LogP contribution is -2.12. The lowest BCUT2D eigenvalue weighted by atomic mass is 10.1. The van der Waals surface area contributed by atoms with E-state index in [1.807, 2.05) is 0 Å². The van der Waals surface area contributed by atoms with Gasteiger partial charge in [-0.05, 0) is 0 Å². The topological polar surface area (TPSA) is 66.0 Å². The fraction of sp³-hybridized carbons (Fsp3) is 0.417. The van der Waals surface area contributed by atoms with Crippen molar-refractivity contribution in [1.29, 1.82) is 0 Å². The third-order valence-corrected chi connectivity index (χ3v) is 2.76. The molecule has 1 saturated heterocycles. The Labute approximate surface area is 105 Å². The number of hydrogen-bond donors (Lipinski definition) is 1. The first-order valence-corrected chi connectivity index (χ1v) is 5.44. The standard InChI is InChI=1S/C12H15NO5/c1-15-7-4-8(16-2)11(9(5-7)17-3)10-6-13-12(14)18-10/h4-5,10H,6H2,1-3H3,(H,13,14). The summed E-state index contributed by atoms with van der Waals surface area (Å²) in [5.41, 5.74) is 0.694. The third kappa shape index (κ3) is 2.13. The second-order valence-electron chi connectivity index (χ2n) is 3.72. The van der Waals surface area contributed by atoms with Crippen LogP contribution in [-0.4, -0.2) is 34.0 Å². The SMILES string of the molecule is COc1cc(OC)c(C2CNC(=O)O2)c(OC)c1. The first kappa shape index (κ1) is 12.3. The monoisotopic (exact) mass is 253 g/mol. The number of rotatable bonds is 4. The summed E-state index contributed by atoms with van der Waals surface area (Å²) in [5, 5.41) is 2.60. The zero-order valence-electron chi connectivity index (χ0n) is 10.5. The summed E-state index contributed by atoms with van der Waals surface area (Å²) in [7, 11) is 4.65. The molecule has 6 nitrogen and oxygen atoms in total. The Morgan fingerprint density at radius 2 is 1.78 bits per heavy atom. The van der Waals surface area contributed by atoms with Crippen molar-refractivity contribution in [2.45, 2.75) is 6.10 Å². The zero-order chi connectivity index (χ0) is 13.1. The van der Waals surface area contributed by atoms with Gasteiger partial charge in [-0.3, -0.25) is 0 Å². The summed E-state index contributed by atoms with van der Waals surface area (Å²) in [6, 6.07) is 3.45. The van der Waals surface area contributed by atoms with Gasteiger partial charge in [0.15, 0.2) is 6.10 Å². The van der Waals surface area contributed by atoms with Crippen LogP contribution in [0.25, 0.3) is 0 Å². The van der Waals surface area contributed by atoms with Gasteiger partial charge >= 0.3 is 6.09 Å². The minimum Gasteiger partial charge on any atom is -0.496 e. The van der Waals surface area contributed by atoms with Crippen LogP contribution in [0.1, 0.15) is 11.7 Å². The number of carbonyl (C=O) groups excluding carboxylic acids is 1. The van der Waals surface area contributed by atoms with Gasteiger partial charge in [0.1, 0.15) is 17.2 Å². The van der Waals surface area contributed by atoms with E-state index >= 15 is 0 Å². The highest BCUT2D eigenvalue weighted by Gasteiger charge is 2.30. The molecule has 1 aromatic carbocycles. The average molecular weight is 253 g/mol. The normalized spacial score (nSPS) is 17.9. The minimum atomic E-state index is -0.445. The molecule has 2 rings (SSSR count). The van der Waals surface area contributed by atoms with E-state index in [1.165, 1.54) is 0 Å². The smallest absolute Gasteiger partial charge is 0.407 e. The molecule has 1 atom stereocenters. The molecule has 1 fully saturated rings. The number of ether oxygens (including phenoxy) is 4. The molecule has 1 aliphatic rings. The van der Waals surface area contributed by atoms with Gasteiger partial charge < -0.3 is 24.3 Å². The Balaban J connectivity index is 2.46. The van der Waals surface area contributed by atoms with Crippen molar-refractivity contribution in [3.05, 3.63) is 17.7 Å². The highest BCUT2D eigenvalue weighted by Crippen LogP contribution is 2.40. The van der Waals surface area contributed by atoms with E-state index in [1.54, 1.807) is 33.5 Å². The first-order valence-electron chi connectivity index (χ1n) is 5.44. The number of benzene rings is 1. The van der Waals surface area contributed by atoms with Crippen LogP contribution >= 0.6 is 0 Å². The lowest BCUT2D eigenvalue weighted by molar-refractivity contribution is 0.138.